The Balaban J connectivity index is 1.47. The quantitative estimate of drug-likeness (QED) is 0.482. The van der Waals surface area contributed by atoms with Crippen molar-refractivity contribution in [3.05, 3.63) is 95.3 Å². The van der Waals surface area contributed by atoms with Gasteiger partial charge in [-0.1, -0.05) is 42.0 Å². The molecule has 6 nitrogen and oxygen atoms in total. The number of sulfonamides is 1. The van der Waals surface area contributed by atoms with Crippen LogP contribution in [0.3, 0.4) is 0 Å². The van der Waals surface area contributed by atoms with Gasteiger partial charge in [-0.25, -0.2) is 12.8 Å². The van der Waals surface area contributed by atoms with Crippen LogP contribution in [0.25, 0.3) is 0 Å². The third-order valence-corrected chi connectivity index (χ3v) is 7.88. The van der Waals surface area contributed by atoms with Crippen LogP contribution in [0.15, 0.2) is 77.7 Å². The molecule has 1 saturated heterocycles. The summed E-state index contributed by atoms with van der Waals surface area (Å²) in [5, 5.41) is 2.83. The molecule has 3 aromatic rings. The van der Waals surface area contributed by atoms with E-state index < -0.39 is 28.3 Å². The highest BCUT2D eigenvalue weighted by Crippen LogP contribution is 2.24. The number of carbonyl (C=O) groups excluding carboxylic acids is 1. The van der Waals surface area contributed by atoms with E-state index in [1.165, 1.54) is 54.8 Å². The number of likely N-dealkylation sites (tertiary alicyclic amines) is 1. The van der Waals surface area contributed by atoms with Crippen LogP contribution in [0.4, 0.5) is 10.1 Å². The molecule has 1 N–H and O–H groups in total. The van der Waals surface area contributed by atoms with E-state index in [4.69, 9.17) is 0 Å². The van der Waals surface area contributed by atoms with E-state index in [-0.39, 0.29) is 17.1 Å². The van der Waals surface area contributed by atoms with E-state index in [2.05, 4.69) is 22.3 Å². The fourth-order valence-corrected chi connectivity index (χ4v) is 5.60. The van der Waals surface area contributed by atoms with E-state index in [9.17, 15) is 17.6 Å². The molecule has 4 rings (SSSR count). The van der Waals surface area contributed by atoms with Crippen molar-refractivity contribution < 1.29 is 17.6 Å². The van der Waals surface area contributed by atoms with Gasteiger partial charge in [0.05, 0.1) is 10.6 Å². The van der Waals surface area contributed by atoms with Gasteiger partial charge in [-0.15, -0.1) is 0 Å². The first-order chi connectivity index (χ1) is 16.8. The second-order valence-corrected chi connectivity index (χ2v) is 10.7. The SMILES string of the molecule is Cc1ccc(S(=O)(=O)N(CC(=O)NCc2cccc(CN3CCCC3)c2)c2ccc(F)cc2)cc1. The molecule has 0 saturated carbocycles. The molecule has 0 aliphatic carbocycles. The minimum atomic E-state index is -4.04. The fourth-order valence-electron chi connectivity index (χ4n) is 4.18. The maximum absolute atomic E-state index is 13.5. The first kappa shape index (κ1) is 24.9. The molecule has 1 aliphatic heterocycles. The number of amides is 1. The Labute approximate surface area is 206 Å². The lowest BCUT2D eigenvalue weighted by Gasteiger charge is -2.24. The molecule has 1 heterocycles. The summed E-state index contributed by atoms with van der Waals surface area (Å²) >= 11 is 0. The number of hydrogen-bond acceptors (Lipinski definition) is 4. The number of nitrogens with one attached hydrogen (secondary N) is 1. The second kappa shape index (κ2) is 11.0. The van der Waals surface area contributed by atoms with Crippen LogP contribution in [0.5, 0.6) is 0 Å². The molecule has 184 valence electrons. The van der Waals surface area contributed by atoms with Gasteiger partial charge in [0.1, 0.15) is 12.4 Å². The minimum Gasteiger partial charge on any atom is -0.350 e. The Morgan fingerprint density at radius 1 is 0.971 bits per heavy atom. The normalized spacial score (nSPS) is 14.1. The Kier molecular flexibility index (Phi) is 7.83. The van der Waals surface area contributed by atoms with E-state index in [1.807, 2.05) is 19.1 Å². The first-order valence-corrected chi connectivity index (χ1v) is 13.2. The lowest BCUT2D eigenvalue weighted by molar-refractivity contribution is -0.119. The van der Waals surface area contributed by atoms with Crippen molar-refractivity contribution in [3.8, 4) is 0 Å². The largest absolute Gasteiger partial charge is 0.350 e. The highest BCUT2D eigenvalue weighted by Gasteiger charge is 2.27. The monoisotopic (exact) mass is 495 g/mol. The third-order valence-electron chi connectivity index (χ3n) is 6.10. The average molecular weight is 496 g/mol. The summed E-state index contributed by atoms with van der Waals surface area (Å²) in [5.74, 6) is -0.936. The van der Waals surface area contributed by atoms with Gasteiger partial charge in [0, 0.05) is 13.1 Å². The number of aryl methyl sites for hydroxylation is 1. The summed E-state index contributed by atoms with van der Waals surface area (Å²) in [6.45, 7) is 4.83. The molecule has 1 aliphatic rings. The van der Waals surface area contributed by atoms with E-state index >= 15 is 0 Å². The molecule has 0 spiro atoms. The number of nitrogens with zero attached hydrogens (tertiary/aromatic N) is 2. The average Bonchev–Trinajstić information content (AvgIpc) is 3.35. The van der Waals surface area contributed by atoms with Crippen LogP contribution in [0, 0.1) is 12.7 Å². The predicted molar refractivity (Wildman–Crippen MR) is 135 cm³/mol. The highest BCUT2D eigenvalue weighted by molar-refractivity contribution is 7.92. The smallest absolute Gasteiger partial charge is 0.264 e. The molecule has 8 heteroatoms. The summed E-state index contributed by atoms with van der Waals surface area (Å²) in [7, 11) is -4.04. The van der Waals surface area contributed by atoms with Gasteiger partial charge in [0.2, 0.25) is 5.91 Å². The van der Waals surface area contributed by atoms with Crippen molar-refractivity contribution in [2.45, 2.75) is 37.8 Å². The van der Waals surface area contributed by atoms with Crippen molar-refractivity contribution in [3.63, 3.8) is 0 Å². The number of carbonyl (C=O) groups is 1. The Morgan fingerprint density at radius 3 is 2.31 bits per heavy atom. The molecular formula is C27H30FN3O3S. The van der Waals surface area contributed by atoms with Crippen LogP contribution in [-0.2, 0) is 27.9 Å². The molecule has 0 radical (unpaired) electrons. The Hall–Kier alpha value is -3.23. The Morgan fingerprint density at radius 2 is 1.63 bits per heavy atom. The predicted octanol–water partition coefficient (Wildman–Crippen LogP) is 4.24. The van der Waals surface area contributed by atoms with Crippen molar-refractivity contribution in [2.75, 3.05) is 23.9 Å². The van der Waals surface area contributed by atoms with Crippen LogP contribution < -0.4 is 9.62 Å². The lowest BCUT2D eigenvalue weighted by Crippen LogP contribution is -2.40. The van der Waals surface area contributed by atoms with Crippen molar-refractivity contribution in [1.29, 1.82) is 0 Å². The van der Waals surface area contributed by atoms with E-state index in [0.717, 1.165) is 35.1 Å². The number of hydrogen-bond donors (Lipinski definition) is 1. The molecule has 35 heavy (non-hydrogen) atoms. The van der Waals surface area contributed by atoms with Gasteiger partial charge in [-0.2, -0.15) is 0 Å². The van der Waals surface area contributed by atoms with Crippen molar-refractivity contribution in [1.82, 2.24) is 10.2 Å². The number of halogens is 1. The number of anilines is 1. The molecule has 1 amide bonds. The highest BCUT2D eigenvalue weighted by atomic mass is 32.2. The Bertz CT molecular complexity index is 1260. The minimum absolute atomic E-state index is 0.0647. The molecule has 0 unspecified atom stereocenters. The lowest BCUT2D eigenvalue weighted by atomic mass is 10.1. The zero-order chi connectivity index (χ0) is 24.8. The maximum Gasteiger partial charge on any atom is 0.264 e. The fraction of sp³-hybridized carbons (Fsp3) is 0.296. The molecule has 3 aromatic carbocycles. The standard InChI is InChI=1S/C27H30FN3O3S/c1-21-7-13-26(14-8-21)35(33,34)31(25-11-9-24(28)10-12-25)20-27(32)29-18-22-5-4-6-23(17-22)19-30-15-2-3-16-30/h4-14,17H,2-3,15-16,18-20H2,1H3,(H,29,32). The summed E-state index contributed by atoms with van der Waals surface area (Å²) in [5.41, 5.74) is 3.27. The number of benzene rings is 3. The third kappa shape index (κ3) is 6.46. The van der Waals surface area contributed by atoms with Gasteiger partial charge in [-0.05, 0) is 80.4 Å². The topological polar surface area (TPSA) is 69.7 Å². The van der Waals surface area contributed by atoms with Crippen LogP contribution >= 0.6 is 0 Å². The molecule has 1 fully saturated rings. The van der Waals surface area contributed by atoms with Crippen LogP contribution in [0.2, 0.25) is 0 Å². The molecular weight excluding hydrogens is 465 g/mol. The van der Waals surface area contributed by atoms with Crippen molar-refractivity contribution >= 4 is 21.6 Å². The second-order valence-electron chi connectivity index (χ2n) is 8.88. The van der Waals surface area contributed by atoms with Crippen molar-refractivity contribution in [2.24, 2.45) is 0 Å². The van der Waals surface area contributed by atoms with Crippen LogP contribution in [0.1, 0.15) is 29.5 Å². The van der Waals surface area contributed by atoms with Gasteiger partial charge in [0.25, 0.3) is 10.0 Å². The zero-order valence-corrected chi connectivity index (χ0v) is 20.6. The van der Waals surface area contributed by atoms with Gasteiger partial charge >= 0.3 is 0 Å². The van der Waals surface area contributed by atoms with Gasteiger partial charge in [-0.3, -0.25) is 14.0 Å². The molecule has 0 aromatic heterocycles. The summed E-state index contributed by atoms with van der Waals surface area (Å²) in [6, 6.07) is 19.5. The maximum atomic E-state index is 13.5. The van der Waals surface area contributed by atoms with Gasteiger partial charge in [0.15, 0.2) is 0 Å². The molecule has 0 bridgehead atoms. The van der Waals surface area contributed by atoms with Crippen LogP contribution in [-0.4, -0.2) is 38.9 Å². The van der Waals surface area contributed by atoms with E-state index in [0.29, 0.717) is 0 Å². The van der Waals surface area contributed by atoms with E-state index in [1.54, 1.807) is 12.1 Å². The summed E-state index contributed by atoms with van der Waals surface area (Å²) in [6.07, 6.45) is 2.46. The number of rotatable bonds is 9. The van der Waals surface area contributed by atoms with Gasteiger partial charge < -0.3 is 5.32 Å². The molecule has 0 atom stereocenters. The summed E-state index contributed by atoms with van der Waals surface area (Å²) < 4.78 is 41.3. The first-order valence-electron chi connectivity index (χ1n) is 11.7. The zero-order valence-electron chi connectivity index (χ0n) is 19.8. The summed E-state index contributed by atoms with van der Waals surface area (Å²) in [4.78, 5) is 15.3.